The summed E-state index contributed by atoms with van der Waals surface area (Å²) in [5.74, 6) is -0.435. The smallest absolute Gasteiger partial charge is 0.261 e. The minimum atomic E-state index is -3.71. The third-order valence-corrected chi connectivity index (χ3v) is 7.02. The summed E-state index contributed by atoms with van der Waals surface area (Å²) in [4.78, 5) is 27.2. The molecule has 2 N–H and O–H groups in total. The molecular formula is C24H31N3O5S. The van der Waals surface area contributed by atoms with Gasteiger partial charge in [-0.3, -0.25) is 14.3 Å². The predicted molar refractivity (Wildman–Crippen MR) is 127 cm³/mol. The molecule has 1 fully saturated rings. The van der Waals surface area contributed by atoms with Crippen LogP contribution in [0.5, 0.6) is 0 Å². The molecule has 0 spiro atoms. The summed E-state index contributed by atoms with van der Waals surface area (Å²) in [6, 6.07) is 12.9. The molecule has 9 heteroatoms. The maximum atomic E-state index is 13.0. The van der Waals surface area contributed by atoms with E-state index in [1.54, 1.807) is 60.5 Å². The van der Waals surface area contributed by atoms with Crippen LogP contribution >= 0.6 is 0 Å². The molecule has 1 heterocycles. The van der Waals surface area contributed by atoms with Crippen molar-refractivity contribution in [3.63, 3.8) is 0 Å². The molecule has 1 atom stereocenters. The van der Waals surface area contributed by atoms with Crippen LogP contribution in [0, 0.1) is 12.8 Å². The Labute approximate surface area is 195 Å². The van der Waals surface area contributed by atoms with Crippen molar-refractivity contribution in [3.8, 4) is 0 Å². The van der Waals surface area contributed by atoms with Gasteiger partial charge in [0.05, 0.1) is 10.8 Å². The molecule has 1 aliphatic heterocycles. The molecule has 1 unspecified atom stereocenters. The predicted octanol–water partition coefficient (Wildman–Crippen LogP) is 2.80. The number of aryl methyl sites for hydroxylation is 1. The fourth-order valence-corrected chi connectivity index (χ4v) is 4.80. The van der Waals surface area contributed by atoms with Crippen LogP contribution in [0.2, 0.25) is 0 Å². The maximum absolute atomic E-state index is 13.0. The summed E-state index contributed by atoms with van der Waals surface area (Å²) in [6.07, 6.45) is 2.26. The van der Waals surface area contributed by atoms with Gasteiger partial charge in [-0.2, -0.15) is 0 Å². The van der Waals surface area contributed by atoms with Crippen molar-refractivity contribution < 1.29 is 22.7 Å². The van der Waals surface area contributed by atoms with Gasteiger partial charge in [0, 0.05) is 44.6 Å². The Balaban J connectivity index is 1.59. The Morgan fingerprint density at radius 2 is 1.79 bits per heavy atom. The Kier molecular flexibility index (Phi) is 8.46. The van der Waals surface area contributed by atoms with Crippen molar-refractivity contribution >= 4 is 27.5 Å². The van der Waals surface area contributed by atoms with Crippen LogP contribution in [-0.2, 0) is 19.6 Å². The molecule has 0 aromatic heterocycles. The summed E-state index contributed by atoms with van der Waals surface area (Å²) in [7, 11) is -2.09. The van der Waals surface area contributed by atoms with Gasteiger partial charge in [0.25, 0.3) is 15.9 Å². The SMILES string of the molecule is COCCCNC(=O)C1CCCN(C(=O)c2ccc(NS(=O)(=O)c3ccc(C)cc3)cc2)C1. The zero-order chi connectivity index (χ0) is 23.8. The summed E-state index contributed by atoms with van der Waals surface area (Å²) in [5, 5.41) is 2.91. The number of methoxy groups -OCH3 is 1. The van der Waals surface area contributed by atoms with Crippen LogP contribution in [0.3, 0.4) is 0 Å². The molecule has 1 saturated heterocycles. The average Bonchev–Trinajstić information content (AvgIpc) is 2.82. The van der Waals surface area contributed by atoms with E-state index in [0.29, 0.717) is 37.5 Å². The van der Waals surface area contributed by atoms with E-state index in [1.807, 2.05) is 6.92 Å². The molecule has 0 aliphatic carbocycles. The van der Waals surface area contributed by atoms with Crippen LogP contribution in [0.4, 0.5) is 5.69 Å². The molecule has 3 rings (SSSR count). The zero-order valence-corrected chi connectivity index (χ0v) is 19.9. The van der Waals surface area contributed by atoms with E-state index in [0.717, 1.165) is 24.8 Å². The molecule has 178 valence electrons. The number of carbonyl (C=O) groups excluding carboxylic acids is 2. The highest BCUT2D eigenvalue weighted by Gasteiger charge is 2.28. The molecule has 0 radical (unpaired) electrons. The first kappa shape index (κ1) is 24.7. The third kappa shape index (κ3) is 6.79. The number of carbonyl (C=O) groups is 2. The van der Waals surface area contributed by atoms with Gasteiger partial charge in [-0.05, 0) is 62.6 Å². The molecular weight excluding hydrogens is 442 g/mol. The van der Waals surface area contributed by atoms with Gasteiger partial charge < -0.3 is 15.0 Å². The minimum Gasteiger partial charge on any atom is -0.385 e. The number of benzene rings is 2. The zero-order valence-electron chi connectivity index (χ0n) is 19.0. The Hall–Kier alpha value is -2.91. The highest BCUT2D eigenvalue weighted by Crippen LogP contribution is 2.21. The number of hydrogen-bond acceptors (Lipinski definition) is 5. The van der Waals surface area contributed by atoms with Crippen LogP contribution < -0.4 is 10.0 Å². The van der Waals surface area contributed by atoms with Crippen LogP contribution in [0.15, 0.2) is 53.4 Å². The summed E-state index contributed by atoms with van der Waals surface area (Å²) < 4.78 is 32.6. The summed E-state index contributed by atoms with van der Waals surface area (Å²) in [5.41, 5.74) is 1.80. The Morgan fingerprint density at radius 1 is 1.09 bits per heavy atom. The van der Waals surface area contributed by atoms with Crippen molar-refractivity contribution in [1.29, 1.82) is 0 Å². The van der Waals surface area contributed by atoms with Crippen molar-refractivity contribution in [3.05, 3.63) is 59.7 Å². The van der Waals surface area contributed by atoms with E-state index in [2.05, 4.69) is 10.0 Å². The van der Waals surface area contributed by atoms with E-state index >= 15 is 0 Å². The lowest BCUT2D eigenvalue weighted by Gasteiger charge is -2.32. The fourth-order valence-electron chi connectivity index (χ4n) is 3.74. The van der Waals surface area contributed by atoms with E-state index in [9.17, 15) is 18.0 Å². The van der Waals surface area contributed by atoms with Gasteiger partial charge in [-0.15, -0.1) is 0 Å². The lowest BCUT2D eigenvalue weighted by Crippen LogP contribution is -2.45. The van der Waals surface area contributed by atoms with E-state index in [-0.39, 0.29) is 22.6 Å². The number of nitrogens with zero attached hydrogens (tertiary/aromatic N) is 1. The minimum absolute atomic E-state index is 0.0375. The number of ether oxygens (including phenoxy) is 1. The lowest BCUT2D eigenvalue weighted by atomic mass is 9.96. The van der Waals surface area contributed by atoms with Crippen LogP contribution in [0.25, 0.3) is 0 Å². The molecule has 1 aliphatic rings. The highest BCUT2D eigenvalue weighted by molar-refractivity contribution is 7.92. The highest BCUT2D eigenvalue weighted by atomic mass is 32.2. The number of piperidine rings is 1. The van der Waals surface area contributed by atoms with Gasteiger partial charge in [0.1, 0.15) is 0 Å². The van der Waals surface area contributed by atoms with Crippen molar-refractivity contribution in [2.75, 3.05) is 38.1 Å². The van der Waals surface area contributed by atoms with Crippen molar-refractivity contribution in [2.45, 2.75) is 31.1 Å². The number of hydrogen-bond donors (Lipinski definition) is 2. The van der Waals surface area contributed by atoms with Crippen LogP contribution in [0.1, 0.15) is 35.2 Å². The number of likely N-dealkylation sites (tertiary alicyclic amines) is 1. The average molecular weight is 474 g/mol. The first-order valence-corrected chi connectivity index (χ1v) is 12.5. The Morgan fingerprint density at radius 3 is 2.45 bits per heavy atom. The van der Waals surface area contributed by atoms with Gasteiger partial charge in [0.2, 0.25) is 5.91 Å². The molecule has 0 saturated carbocycles. The molecule has 8 nitrogen and oxygen atoms in total. The molecule has 2 aromatic carbocycles. The molecule has 2 aromatic rings. The van der Waals surface area contributed by atoms with Gasteiger partial charge in [0.15, 0.2) is 0 Å². The second-order valence-corrected chi connectivity index (χ2v) is 9.91. The van der Waals surface area contributed by atoms with E-state index in [4.69, 9.17) is 4.74 Å². The monoisotopic (exact) mass is 473 g/mol. The second kappa shape index (κ2) is 11.3. The van der Waals surface area contributed by atoms with Gasteiger partial charge in [-0.1, -0.05) is 17.7 Å². The van der Waals surface area contributed by atoms with Crippen molar-refractivity contribution in [2.24, 2.45) is 5.92 Å². The first-order valence-electron chi connectivity index (χ1n) is 11.1. The topological polar surface area (TPSA) is 105 Å². The van der Waals surface area contributed by atoms with E-state index in [1.165, 1.54) is 0 Å². The van der Waals surface area contributed by atoms with Crippen molar-refractivity contribution in [1.82, 2.24) is 10.2 Å². The summed E-state index contributed by atoms with van der Waals surface area (Å²) in [6.45, 7) is 3.99. The van der Waals surface area contributed by atoms with Gasteiger partial charge in [-0.25, -0.2) is 8.42 Å². The van der Waals surface area contributed by atoms with E-state index < -0.39 is 10.0 Å². The fraction of sp³-hybridized carbons (Fsp3) is 0.417. The number of nitrogens with one attached hydrogen (secondary N) is 2. The normalized spacial score (nSPS) is 16.3. The number of rotatable bonds is 9. The third-order valence-electron chi connectivity index (χ3n) is 5.62. The molecule has 2 amide bonds. The Bertz CT molecular complexity index is 1050. The molecule has 0 bridgehead atoms. The quantitative estimate of drug-likeness (QED) is 0.545. The number of anilines is 1. The standard InChI is InChI=1S/C24H31N3O5S/c1-18-6-12-22(13-7-18)33(30,31)26-21-10-8-19(9-11-21)24(29)27-15-3-5-20(17-27)23(28)25-14-4-16-32-2/h6-13,20,26H,3-5,14-17H2,1-2H3,(H,25,28). The first-order chi connectivity index (χ1) is 15.8. The van der Waals surface area contributed by atoms with Crippen LogP contribution in [-0.4, -0.2) is 58.5 Å². The lowest BCUT2D eigenvalue weighted by molar-refractivity contribution is -0.126. The largest absolute Gasteiger partial charge is 0.385 e. The second-order valence-electron chi connectivity index (χ2n) is 8.22. The summed E-state index contributed by atoms with van der Waals surface area (Å²) >= 11 is 0. The van der Waals surface area contributed by atoms with Gasteiger partial charge >= 0.3 is 0 Å². The number of amides is 2. The maximum Gasteiger partial charge on any atom is 0.261 e. The molecule has 33 heavy (non-hydrogen) atoms. The number of sulfonamides is 1.